The maximum atomic E-state index is 10.2. The molecule has 9 heavy (non-hydrogen) atoms. The maximum absolute atomic E-state index is 10.2. The number of hydrogen-bond acceptors (Lipinski definition) is 1. The highest BCUT2D eigenvalue weighted by atomic mass is 35.5. The molecule has 0 spiro atoms. The monoisotopic (exact) mass is 150 g/mol. The van der Waals surface area contributed by atoms with E-state index >= 15 is 0 Å². The van der Waals surface area contributed by atoms with Crippen LogP contribution in [-0.4, -0.2) is 16.5 Å². The van der Waals surface area contributed by atoms with Gasteiger partial charge < -0.3 is 5.11 Å². The SMILES string of the molecule is CCC(C)[C@H](Cl)C(=O)O. The predicted molar refractivity (Wildman–Crippen MR) is 36.7 cm³/mol. The van der Waals surface area contributed by atoms with Gasteiger partial charge in [-0.25, -0.2) is 0 Å². The third-order valence-electron chi connectivity index (χ3n) is 1.38. The van der Waals surface area contributed by atoms with E-state index in [1.807, 2.05) is 13.8 Å². The zero-order valence-electron chi connectivity index (χ0n) is 5.60. The molecule has 0 aromatic carbocycles. The van der Waals surface area contributed by atoms with Crippen molar-refractivity contribution >= 4 is 17.6 Å². The van der Waals surface area contributed by atoms with Crippen LogP contribution in [0.3, 0.4) is 0 Å². The predicted octanol–water partition coefficient (Wildman–Crippen LogP) is 1.72. The second kappa shape index (κ2) is 3.72. The third-order valence-corrected chi connectivity index (χ3v) is 2.00. The zero-order valence-corrected chi connectivity index (χ0v) is 6.35. The van der Waals surface area contributed by atoms with Crippen molar-refractivity contribution in [2.24, 2.45) is 5.92 Å². The third kappa shape index (κ3) is 2.70. The maximum Gasteiger partial charge on any atom is 0.321 e. The lowest BCUT2D eigenvalue weighted by Crippen LogP contribution is -2.20. The number of carboxylic acids is 1. The van der Waals surface area contributed by atoms with E-state index in [0.717, 1.165) is 6.42 Å². The Hall–Kier alpha value is -0.240. The van der Waals surface area contributed by atoms with Crippen LogP contribution in [0.25, 0.3) is 0 Å². The topological polar surface area (TPSA) is 37.3 Å². The largest absolute Gasteiger partial charge is 0.480 e. The molecule has 0 rings (SSSR count). The molecule has 2 atom stereocenters. The molecule has 0 aliphatic carbocycles. The van der Waals surface area contributed by atoms with E-state index in [0.29, 0.717) is 0 Å². The van der Waals surface area contributed by atoms with Gasteiger partial charge in [0.15, 0.2) is 0 Å². The van der Waals surface area contributed by atoms with E-state index in [1.165, 1.54) is 0 Å². The highest BCUT2D eigenvalue weighted by molar-refractivity contribution is 6.29. The number of aliphatic carboxylic acids is 1. The van der Waals surface area contributed by atoms with Crippen molar-refractivity contribution in [3.8, 4) is 0 Å². The van der Waals surface area contributed by atoms with Gasteiger partial charge in [-0.2, -0.15) is 0 Å². The number of alkyl halides is 1. The molecule has 2 nitrogen and oxygen atoms in total. The molecule has 0 saturated heterocycles. The van der Waals surface area contributed by atoms with Crippen LogP contribution in [0.1, 0.15) is 20.3 Å². The van der Waals surface area contributed by atoms with E-state index in [1.54, 1.807) is 0 Å². The van der Waals surface area contributed by atoms with Gasteiger partial charge in [0.25, 0.3) is 0 Å². The molecule has 0 amide bonds. The van der Waals surface area contributed by atoms with E-state index in [-0.39, 0.29) is 5.92 Å². The van der Waals surface area contributed by atoms with Gasteiger partial charge in [-0.15, -0.1) is 11.6 Å². The summed E-state index contributed by atoms with van der Waals surface area (Å²) >= 11 is 5.47. The van der Waals surface area contributed by atoms with Crippen LogP contribution in [-0.2, 0) is 4.79 Å². The van der Waals surface area contributed by atoms with E-state index < -0.39 is 11.3 Å². The fraction of sp³-hybridized carbons (Fsp3) is 0.833. The Morgan fingerprint density at radius 1 is 1.78 bits per heavy atom. The van der Waals surface area contributed by atoms with E-state index in [2.05, 4.69) is 0 Å². The summed E-state index contributed by atoms with van der Waals surface area (Å²) in [7, 11) is 0. The average molecular weight is 151 g/mol. The van der Waals surface area contributed by atoms with Gasteiger partial charge in [0.1, 0.15) is 5.38 Å². The number of rotatable bonds is 3. The Morgan fingerprint density at radius 3 is 2.33 bits per heavy atom. The molecule has 0 saturated carbocycles. The number of carboxylic acid groups (broad SMARTS) is 1. The van der Waals surface area contributed by atoms with E-state index in [9.17, 15) is 4.79 Å². The highest BCUT2D eigenvalue weighted by Gasteiger charge is 2.19. The minimum absolute atomic E-state index is 0.0594. The first kappa shape index (κ1) is 8.76. The van der Waals surface area contributed by atoms with E-state index in [4.69, 9.17) is 16.7 Å². The molecule has 0 heterocycles. The molecule has 0 aromatic rings. The molecular weight excluding hydrogens is 140 g/mol. The Labute approximate surface area is 59.8 Å². The van der Waals surface area contributed by atoms with Gasteiger partial charge in [-0.3, -0.25) is 4.79 Å². The van der Waals surface area contributed by atoms with Gasteiger partial charge in [0, 0.05) is 0 Å². The highest BCUT2D eigenvalue weighted by Crippen LogP contribution is 2.13. The lowest BCUT2D eigenvalue weighted by molar-refractivity contribution is -0.137. The standard InChI is InChI=1S/C6H11ClO2/c1-3-4(2)5(7)6(8)9/h4-5H,3H2,1-2H3,(H,8,9)/t4?,5-/m0/s1. The molecule has 1 unspecified atom stereocenters. The van der Waals surface area contributed by atoms with Crippen molar-refractivity contribution < 1.29 is 9.90 Å². The van der Waals surface area contributed by atoms with Crippen LogP contribution in [0.5, 0.6) is 0 Å². The first-order chi connectivity index (χ1) is 4.09. The van der Waals surface area contributed by atoms with Crippen LogP contribution < -0.4 is 0 Å². The summed E-state index contributed by atoms with van der Waals surface area (Å²) in [5.41, 5.74) is 0. The number of carbonyl (C=O) groups is 1. The summed E-state index contributed by atoms with van der Waals surface area (Å²) in [6.07, 6.45) is 0.806. The molecule has 0 bridgehead atoms. The fourth-order valence-corrected chi connectivity index (χ4v) is 0.629. The number of hydrogen-bond donors (Lipinski definition) is 1. The first-order valence-corrected chi connectivity index (χ1v) is 3.40. The van der Waals surface area contributed by atoms with Crippen molar-refractivity contribution in [1.82, 2.24) is 0 Å². The van der Waals surface area contributed by atoms with Gasteiger partial charge in [0.05, 0.1) is 0 Å². The van der Waals surface area contributed by atoms with Crippen molar-refractivity contribution in [1.29, 1.82) is 0 Å². The Bertz CT molecular complexity index is 103. The summed E-state index contributed by atoms with van der Waals surface area (Å²) in [5, 5.41) is 7.62. The van der Waals surface area contributed by atoms with Gasteiger partial charge >= 0.3 is 5.97 Å². The van der Waals surface area contributed by atoms with Gasteiger partial charge in [-0.05, 0) is 5.92 Å². The summed E-state index contributed by atoms with van der Waals surface area (Å²) in [6.45, 7) is 3.74. The summed E-state index contributed by atoms with van der Waals surface area (Å²) in [5.74, 6) is -0.866. The summed E-state index contributed by atoms with van der Waals surface area (Å²) in [4.78, 5) is 10.2. The Balaban J connectivity index is 3.72. The lowest BCUT2D eigenvalue weighted by Gasteiger charge is -2.09. The van der Waals surface area contributed by atoms with Crippen molar-refractivity contribution in [2.45, 2.75) is 25.6 Å². The average Bonchev–Trinajstić information content (AvgIpc) is 1.84. The minimum atomic E-state index is -0.925. The Kier molecular flexibility index (Phi) is 3.62. The fourth-order valence-electron chi connectivity index (χ4n) is 0.450. The number of halogens is 1. The van der Waals surface area contributed by atoms with Crippen LogP contribution in [0.15, 0.2) is 0 Å². The molecular formula is C6H11ClO2. The first-order valence-electron chi connectivity index (χ1n) is 2.96. The Morgan fingerprint density at radius 2 is 2.22 bits per heavy atom. The molecule has 0 aliphatic rings. The summed E-state index contributed by atoms with van der Waals surface area (Å²) < 4.78 is 0. The van der Waals surface area contributed by atoms with Crippen molar-refractivity contribution in [3.05, 3.63) is 0 Å². The van der Waals surface area contributed by atoms with Crippen LogP contribution in [0.2, 0.25) is 0 Å². The van der Waals surface area contributed by atoms with Crippen molar-refractivity contribution in [3.63, 3.8) is 0 Å². The lowest BCUT2D eigenvalue weighted by atomic mass is 10.1. The van der Waals surface area contributed by atoms with Crippen molar-refractivity contribution in [2.75, 3.05) is 0 Å². The molecule has 1 N–H and O–H groups in total. The zero-order chi connectivity index (χ0) is 7.44. The second-order valence-electron chi connectivity index (χ2n) is 2.13. The van der Waals surface area contributed by atoms with Gasteiger partial charge in [-0.1, -0.05) is 20.3 Å². The molecule has 0 radical (unpaired) electrons. The van der Waals surface area contributed by atoms with Crippen LogP contribution in [0, 0.1) is 5.92 Å². The quantitative estimate of drug-likeness (QED) is 0.623. The van der Waals surface area contributed by atoms with Crippen LogP contribution in [0.4, 0.5) is 0 Å². The van der Waals surface area contributed by atoms with Crippen LogP contribution >= 0.6 is 11.6 Å². The molecule has 54 valence electrons. The smallest absolute Gasteiger partial charge is 0.321 e. The molecule has 0 aromatic heterocycles. The molecule has 0 fully saturated rings. The second-order valence-corrected chi connectivity index (χ2v) is 2.60. The normalized spacial score (nSPS) is 16.8. The molecule has 3 heteroatoms. The molecule has 0 aliphatic heterocycles. The summed E-state index contributed by atoms with van der Waals surface area (Å²) in [6, 6.07) is 0. The minimum Gasteiger partial charge on any atom is -0.480 e. The van der Waals surface area contributed by atoms with Gasteiger partial charge in [0.2, 0.25) is 0 Å².